The van der Waals surface area contributed by atoms with Crippen LogP contribution in [0.5, 0.6) is 0 Å². The van der Waals surface area contributed by atoms with Gasteiger partial charge < -0.3 is 23.9 Å². The lowest BCUT2D eigenvalue weighted by molar-refractivity contribution is -0.127. The van der Waals surface area contributed by atoms with Crippen molar-refractivity contribution in [3.05, 3.63) is 51.8 Å². The number of carbonyl (C=O) groups is 1. The molecule has 140 valence electrons. The minimum atomic E-state index is -0.226. The van der Waals surface area contributed by atoms with Crippen LogP contribution < -0.4 is 10.7 Å². The van der Waals surface area contributed by atoms with Crippen molar-refractivity contribution in [2.24, 2.45) is 0 Å². The third-order valence-corrected chi connectivity index (χ3v) is 4.45. The molecule has 8 heteroatoms. The van der Waals surface area contributed by atoms with E-state index in [2.05, 4.69) is 10.5 Å². The molecule has 1 aliphatic heterocycles. The van der Waals surface area contributed by atoms with Gasteiger partial charge in [-0.3, -0.25) is 9.59 Å². The Labute approximate surface area is 151 Å². The molecule has 26 heavy (non-hydrogen) atoms. The van der Waals surface area contributed by atoms with E-state index in [4.69, 9.17) is 14.0 Å². The molecule has 1 fully saturated rings. The fourth-order valence-electron chi connectivity index (χ4n) is 2.92. The van der Waals surface area contributed by atoms with Crippen LogP contribution in [0.2, 0.25) is 0 Å². The van der Waals surface area contributed by atoms with Crippen LogP contribution in [-0.2, 0) is 27.4 Å². The van der Waals surface area contributed by atoms with Crippen LogP contribution in [-0.4, -0.2) is 41.0 Å². The number of nitrogens with zero attached hydrogens (tertiary/aromatic N) is 2. The minimum Gasteiger partial charge on any atom is -0.379 e. The molecule has 0 aliphatic carbocycles. The lowest BCUT2D eigenvalue weighted by Gasteiger charge is -2.32. The van der Waals surface area contributed by atoms with E-state index in [-0.39, 0.29) is 30.0 Å². The van der Waals surface area contributed by atoms with E-state index in [0.29, 0.717) is 26.2 Å². The Morgan fingerprint density at radius 2 is 2.15 bits per heavy atom. The molecule has 8 nitrogen and oxygen atoms in total. The number of ether oxygens (including phenoxy) is 2. The predicted molar refractivity (Wildman–Crippen MR) is 92.6 cm³/mol. The smallest absolute Gasteiger partial charge is 0.240 e. The third-order valence-electron chi connectivity index (χ3n) is 4.45. The van der Waals surface area contributed by atoms with E-state index in [0.717, 1.165) is 17.0 Å². The summed E-state index contributed by atoms with van der Waals surface area (Å²) in [7, 11) is 0. The van der Waals surface area contributed by atoms with Crippen molar-refractivity contribution >= 4 is 5.91 Å². The number of aryl methyl sites for hydroxylation is 2. The molecule has 1 amide bonds. The zero-order valence-corrected chi connectivity index (χ0v) is 14.9. The van der Waals surface area contributed by atoms with Gasteiger partial charge in [-0.05, 0) is 20.3 Å². The topological polar surface area (TPSA) is 95.6 Å². The second-order valence-corrected chi connectivity index (χ2v) is 6.40. The highest BCUT2D eigenvalue weighted by atomic mass is 16.5. The summed E-state index contributed by atoms with van der Waals surface area (Å²) in [4.78, 5) is 23.4. The molecule has 1 aliphatic rings. The second kappa shape index (κ2) is 8.29. The standard InChI is InChI=1S/C18H23N3O5/c1-12-15(13(2)26-20-12)10-25-17-5-8-24-11-16(17)19-18(23)9-21-6-3-14(22)4-7-21/h3-4,6-7,16-17H,5,8-11H2,1-2H3,(H,19,23)/t16-,17+/m1/s1. The van der Waals surface area contributed by atoms with E-state index >= 15 is 0 Å². The van der Waals surface area contributed by atoms with Crippen LogP contribution in [0.3, 0.4) is 0 Å². The molecule has 1 saturated heterocycles. The summed E-state index contributed by atoms with van der Waals surface area (Å²) in [6, 6.07) is 2.62. The third kappa shape index (κ3) is 4.59. The molecule has 0 bridgehead atoms. The largest absolute Gasteiger partial charge is 0.379 e. The Kier molecular flexibility index (Phi) is 5.85. The second-order valence-electron chi connectivity index (χ2n) is 6.40. The number of nitrogens with one attached hydrogen (secondary N) is 1. The highest BCUT2D eigenvalue weighted by molar-refractivity contribution is 5.76. The van der Waals surface area contributed by atoms with E-state index < -0.39 is 0 Å². The summed E-state index contributed by atoms with van der Waals surface area (Å²) >= 11 is 0. The zero-order valence-electron chi connectivity index (χ0n) is 14.9. The average molecular weight is 361 g/mol. The van der Waals surface area contributed by atoms with E-state index in [1.807, 2.05) is 13.8 Å². The summed E-state index contributed by atoms with van der Waals surface area (Å²) < 4.78 is 18.3. The number of pyridine rings is 1. The van der Waals surface area contributed by atoms with Crippen molar-refractivity contribution in [3.8, 4) is 0 Å². The normalized spacial score (nSPS) is 20.1. The number of hydrogen-bond acceptors (Lipinski definition) is 6. The van der Waals surface area contributed by atoms with Gasteiger partial charge in [-0.2, -0.15) is 0 Å². The molecule has 3 heterocycles. The van der Waals surface area contributed by atoms with Gasteiger partial charge in [-0.1, -0.05) is 5.16 Å². The van der Waals surface area contributed by atoms with Crippen LogP contribution in [0.15, 0.2) is 33.8 Å². The number of carbonyl (C=O) groups excluding carboxylic acids is 1. The van der Waals surface area contributed by atoms with Crippen molar-refractivity contribution in [1.82, 2.24) is 15.0 Å². The van der Waals surface area contributed by atoms with Crippen molar-refractivity contribution in [3.63, 3.8) is 0 Å². The van der Waals surface area contributed by atoms with Crippen LogP contribution in [0.25, 0.3) is 0 Å². The SMILES string of the molecule is Cc1noc(C)c1CO[C@H]1CCOC[C@H]1NC(=O)Cn1ccc(=O)cc1. The molecule has 1 N–H and O–H groups in total. The molecule has 2 atom stereocenters. The first-order valence-corrected chi connectivity index (χ1v) is 8.59. The summed E-state index contributed by atoms with van der Waals surface area (Å²) in [6.07, 6.45) is 3.73. The van der Waals surface area contributed by atoms with Crippen LogP contribution in [0.4, 0.5) is 0 Å². The Hall–Kier alpha value is -2.45. The van der Waals surface area contributed by atoms with Crippen LogP contribution in [0, 0.1) is 13.8 Å². The maximum absolute atomic E-state index is 12.3. The van der Waals surface area contributed by atoms with Gasteiger partial charge in [-0.15, -0.1) is 0 Å². The molecular weight excluding hydrogens is 338 g/mol. The van der Waals surface area contributed by atoms with Gasteiger partial charge in [0, 0.05) is 36.7 Å². The molecular formula is C18H23N3O5. The quantitative estimate of drug-likeness (QED) is 0.823. The lowest BCUT2D eigenvalue weighted by atomic mass is 10.1. The fraction of sp³-hybridized carbons (Fsp3) is 0.500. The first-order chi connectivity index (χ1) is 12.5. The highest BCUT2D eigenvalue weighted by Gasteiger charge is 2.28. The van der Waals surface area contributed by atoms with Crippen molar-refractivity contribution < 1.29 is 18.8 Å². The maximum Gasteiger partial charge on any atom is 0.240 e. The van der Waals surface area contributed by atoms with Crippen molar-refractivity contribution in [1.29, 1.82) is 0 Å². The Morgan fingerprint density at radius 3 is 2.85 bits per heavy atom. The molecule has 0 saturated carbocycles. The lowest BCUT2D eigenvalue weighted by Crippen LogP contribution is -2.51. The van der Waals surface area contributed by atoms with Crippen molar-refractivity contribution in [2.75, 3.05) is 13.2 Å². The number of amides is 1. The van der Waals surface area contributed by atoms with E-state index in [1.165, 1.54) is 12.1 Å². The molecule has 2 aromatic rings. The number of aromatic nitrogens is 2. The van der Waals surface area contributed by atoms with Gasteiger partial charge in [0.2, 0.25) is 5.91 Å². The van der Waals surface area contributed by atoms with E-state index in [1.54, 1.807) is 17.0 Å². The first kappa shape index (κ1) is 18.3. The highest BCUT2D eigenvalue weighted by Crippen LogP contribution is 2.18. The van der Waals surface area contributed by atoms with Crippen LogP contribution >= 0.6 is 0 Å². The number of hydrogen-bond donors (Lipinski definition) is 1. The minimum absolute atomic E-state index is 0.0878. The molecule has 0 unspecified atom stereocenters. The molecule has 2 aromatic heterocycles. The maximum atomic E-state index is 12.3. The first-order valence-electron chi connectivity index (χ1n) is 8.59. The monoisotopic (exact) mass is 361 g/mol. The Morgan fingerprint density at radius 1 is 1.38 bits per heavy atom. The van der Waals surface area contributed by atoms with Gasteiger partial charge in [-0.25, -0.2) is 0 Å². The molecule has 0 radical (unpaired) electrons. The summed E-state index contributed by atoms with van der Waals surface area (Å²) in [5.74, 6) is 0.587. The van der Waals surface area contributed by atoms with Gasteiger partial charge >= 0.3 is 0 Å². The summed E-state index contributed by atoms with van der Waals surface area (Å²) in [5, 5.41) is 6.89. The summed E-state index contributed by atoms with van der Waals surface area (Å²) in [6.45, 7) is 5.25. The van der Waals surface area contributed by atoms with E-state index in [9.17, 15) is 9.59 Å². The van der Waals surface area contributed by atoms with Gasteiger partial charge in [0.25, 0.3) is 0 Å². The van der Waals surface area contributed by atoms with Gasteiger partial charge in [0.1, 0.15) is 12.3 Å². The fourth-order valence-corrected chi connectivity index (χ4v) is 2.92. The number of rotatable bonds is 6. The van der Waals surface area contributed by atoms with Crippen molar-refractivity contribution in [2.45, 2.75) is 45.6 Å². The van der Waals surface area contributed by atoms with Gasteiger partial charge in [0.15, 0.2) is 5.43 Å². The Balaban J connectivity index is 1.57. The Bertz CT molecular complexity index is 773. The predicted octanol–water partition coefficient (Wildman–Crippen LogP) is 0.944. The van der Waals surface area contributed by atoms with Crippen LogP contribution in [0.1, 0.15) is 23.4 Å². The molecule has 3 rings (SSSR count). The molecule has 0 aromatic carbocycles. The molecule has 0 spiro atoms. The zero-order chi connectivity index (χ0) is 18.5. The average Bonchev–Trinajstić information content (AvgIpc) is 2.94. The van der Waals surface area contributed by atoms with Gasteiger partial charge in [0.05, 0.1) is 31.1 Å². The summed E-state index contributed by atoms with van der Waals surface area (Å²) in [5.41, 5.74) is 1.67.